The van der Waals surface area contributed by atoms with E-state index in [1.165, 1.54) is 0 Å². The zero-order chi connectivity index (χ0) is 16.7. The molecule has 1 aromatic rings. The molecule has 0 atom stereocenters. The molecule has 0 spiro atoms. The summed E-state index contributed by atoms with van der Waals surface area (Å²) < 4.78 is 16.7. The highest BCUT2D eigenvalue weighted by Crippen LogP contribution is 2.23. The minimum absolute atomic E-state index is 0.0430. The molecule has 2 rings (SSSR count). The maximum atomic E-state index is 12.6. The lowest BCUT2D eigenvalue weighted by atomic mass is 10.1. The SMILES string of the molecule is CCOc1ccc(C(=O)N2CCOCC2)cc1COCC(C)C. The Morgan fingerprint density at radius 3 is 2.70 bits per heavy atom. The summed E-state index contributed by atoms with van der Waals surface area (Å²) in [6, 6.07) is 5.59. The molecule has 0 N–H and O–H groups in total. The predicted octanol–water partition coefficient (Wildman–Crippen LogP) is 2.73. The van der Waals surface area contributed by atoms with Gasteiger partial charge in [-0.25, -0.2) is 0 Å². The van der Waals surface area contributed by atoms with E-state index in [-0.39, 0.29) is 5.91 Å². The van der Waals surface area contributed by atoms with Gasteiger partial charge >= 0.3 is 0 Å². The first-order valence-corrected chi connectivity index (χ1v) is 8.32. The van der Waals surface area contributed by atoms with E-state index in [1.807, 2.05) is 30.0 Å². The Balaban J connectivity index is 2.11. The van der Waals surface area contributed by atoms with Crippen molar-refractivity contribution in [2.75, 3.05) is 39.5 Å². The van der Waals surface area contributed by atoms with Crippen molar-refractivity contribution in [1.82, 2.24) is 4.90 Å². The third kappa shape index (κ3) is 5.22. The molecule has 128 valence electrons. The average Bonchev–Trinajstić information content (AvgIpc) is 2.56. The summed E-state index contributed by atoms with van der Waals surface area (Å²) >= 11 is 0. The van der Waals surface area contributed by atoms with Gasteiger partial charge in [0, 0.05) is 30.8 Å². The van der Waals surface area contributed by atoms with Gasteiger partial charge in [-0.05, 0) is 31.0 Å². The van der Waals surface area contributed by atoms with Crippen LogP contribution in [-0.4, -0.2) is 50.3 Å². The molecule has 1 aromatic carbocycles. The van der Waals surface area contributed by atoms with E-state index in [1.54, 1.807) is 0 Å². The minimum atomic E-state index is 0.0430. The molecule has 1 aliphatic rings. The number of carbonyl (C=O) groups is 1. The highest BCUT2D eigenvalue weighted by Gasteiger charge is 2.19. The average molecular weight is 321 g/mol. The summed E-state index contributed by atoms with van der Waals surface area (Å²) in [6.07, 6.45) is 0. The number of rotatable bonds is 7. The van der Waals surface area contributed by atoms with Gasteiger partial charge < -0.3 is 19.1 Å². The smallest absolute Gasteiger partial charge is 0.254 e. The van der Waals surface area contributed by atoms with Gasteiger partial charge in [-0.15, -0.1) is 0 Å². The third-order valence-corrected chi connectivity index (χ3v) is 3.61. The van der Waals surface area contributed by atoms with Gasteiger partial charge in [-0.3, -0.25) is 4.79 Å². The van der Waals surface area contributed by atoms with Crippen LogP contribution in [0.15, 0.2) is 18.2 Å². The molecular formula is C18H27NO4. The van der Waals surface area contributed by atoms with Crippen molar-refractivity contribution >= 4 is 5.91 Å². The minimum Gasteiger partial charge on any atom is -0.494 e. The summed E-state index contributed by atoms with van der Waals surface area (Å²) in [6.45, 7) is 10.4. The lowest BCUT2D eigenvalue weighted by molar-refractivity contribution is 0.0302. The van der Waals surface area contributed by atoms with E-state index in [4.69, 9.17) is 14.2 Å². The molecule has 1 saturated heterocycles. The number of hydrogen-bond donors (Lipinski definition) is 0. The van der Waals surface area contributed by atoms with Crippen molar-refractivity contribution in [3.8, 4) is 5.75 Å². The molecule has 0 aromatic heterocycles. The fourth-order valence-electron chi connectivity index (χ4n) is 2.48. The van der Waals surface area contributed by atoms with Gasteiger partial charge in [-0.1, -0.05) is 13.8 Å². The molecule has 1 fully saturated rings. The number of morpholine rings is 1. The van der Waals surface area contributed by atoms with Gasteiger partial charge in [-0.2, -0.15) is 0 Å². The number of hydrogen-bond acceptors (Lipinski definition) is 4. The molecule has 0 aliphatic carbocycles. The van der Waals surface area contributed by atoms with Crippen LogP contribution < -0.4 is 4.74 Å². The second-order valence-electron chi connectivity index (χ2n) is 6.07. The van der Waals surface area contributed by atoms with Crippen molar-refractivity contribution in [2.45, 2.75) is 27.4 Å². The number of nitrogens with zero attached hydrogens (tertiary/aromatic N) is 1. The molecule has 0 bridgehead atoms. The number of amides is 1. The van der Waals surface area contributed by atoms with Crippen LogP contribution in [0.2, 0.25) is 0 Å². The van der Waals surface area contributed by atoms with E-state index in [0.717, 1.165) is 11.3 Å². The zero-order valence-corrected chi connectivity index (χ0v) is 14.3. The summed E-state index contributed by atoms with van der Waals surface area (Å²) in [7, 11) is 0. The molecule has 1 amide bonds. The molecule has 0 unspecified atom stereocenters. The Morgan fingerprint density at radius 2 is 2.04 bits per heavy atom. The zero-order valence-electron chi connectivity index (χ0n) is 14.3. The van der Waals surface area contributed by atoms with Crippen LogP contribution >= 0.6 is 0 Å². The molecule has 1 heterocycles. The predicted molar refractivity (Wildman–Crippen MR) is 88.8 cm³/mol. The number of benzene rings is 1. The van der Waals surface area contributed by atoms with Gasteiger partial charge in [0.15, 0.2) is 0 Å². The summed E-state index contributed by atoms with van der Waals surface area (Å²) in [4.78, 5) is 14.4. The molecule has 1 aliphatic heterocycles. The van der Waals surface area contributed by atoms with Crippen molar-refractivity contribution in [3.05, 3.63) is 29.3 Å². The van der Waals surface area contributed by atoms with Crippen LogP contribution in [0.3, 0.4) is 0 Å². The first-order valence-electron chi connectivity index (χ1n) is 8.32. The van der Waals surface area contributed by atoms with Gasteiger partial charge in [0.1, 0.15) is 5.75 Å². The Labute approximate surface area is 138 Å². The quantitative estimate of drug-likeness (QED) is 0.775. The summed E-state index contributed by atoms with van der Waals surface area (Å²) in [5.74, 6) is 1.31. The van der Waals surface area contributed by atoms with E-state index in [9.17, 15) is 4.79 Å². The molecule has 0 saturated carbocycles. The topological polar surface area (TPSA) is 48.0 Å². The van der Waals surface area contributed by atoms with E-state index in [0.29, 0.717) is 57.6 Å². The van der Waals surface area contributed by atoms with Crippen LogP contribution in [-0.2, 0) is 16.1 Å². The number of carbonyl (C=O) groups excluding carboxylic acids is 1. The highest BCUT2D eigenvalue weighted by atomic mass is 16.5. The van der Waals surface area contributed by atoms with Crippen molar-refractivity contribution in [2.24, 2.45) is 5.92 Å². The first-order chi connectivity index (χ1) is 11.1. The van der Waals surface area contributed by atoms with E-state index >= 15 is 0 Å². The lowest BCUT2D eigenvalue weighted by Crippen LogP contribution is -2.40. The molecule has 0 radical (unpaired) electrons. The third-order valence-electron chi connectivity index (χ3n) is 3.61. The normalized spacial score (nSPS) is 15.0. The second kappa shape index (κ2) is 8.89. The van der Waals surface area contributed by atoms with Gasteiger partial charge in [0.25, 0.3) is 5.91 Å². The van der Waals surface area contributed by atoms with Gasteiger partial charge in [0.2, 0.25) is 0 Å². The van der Waals surface area contributed by atoms with Crippen LogP contribution in [0.1, 0.15) is 36.7 Å². The van der Waals surface area contributed by atoms with Crippen LogP contribution in [0.4, 0.5) is 0 Å². The maximum Gasteiger partial charge on any atom is 0.254 e. The second-order valence-corrected chi connectivity index (χ2v) is 6.07. The van der Waals surface area contributed by atoms with E-state index in [2.05, 4.69) is 13.8 Å². The summed E-state index contributed by atoms with van der Waals surface area (Å²) in [5, 5.41) is 0. The molecular weight excluding hydrogens is 294 g/mol. The standard InChI is InChI=1S/C18H27NO4/c1-4-23-17-6-5-15(11-16(17)13-22-12-14(2)3)18(20)19-7-9-21-10-8-19/h5-6,11,14H,4,7-10,12-13H2,1-3H3. The van der Waals surface area contributed by atoms with Crippen molar-refractivity contribution in [1.29, 1.82) is 0 Å². The fraction of sp³-hybridized carbons (Fsp3) is 0.611. The van der Waals surface area contributed by atoms with E-state index < -0.39 is 0 Å². The molecule has 23 heavy (non-hydrogen) atoms. The monoisotopic (exact) mass is 321 g/mol. The van der Waals surface area contributed by atoms with Crippen molar-refractivity contribution < 1.29 is 19.0 Å². The first kappa shape index (κ1) is 17.8. The Bertz CT molecular complexity index is 510. The lowest BCUT2D eigenvalue weighted by Gasteiger charge is -2.27. The Morgan fingerprint density at radius 1 is 1.30 bits per heavy atom. The van der Waals surface area contributed by atoms with Crippen LogP contribution in [0.25, 0.3) is 0 Å². The molecule has 5 nitrogen and oxygen atoms in total. The largest absolute Gasteiger partial charge is 0.494 e. The molecule has 5 heteroatoms. The fourth-order valence-corrected chi connectivity index (χ4v) is 2.48. The Kier molecular flexibility index (Phi) is 6.86. The van der Waals surface area contributed by atoms with Crippen LogP contribution in [0.5, 0.6) is 5.75 Å². The summed E-state index contributed by atoms with van der Waals surface area (Å²) in [5.41, 5.74) is 1.60. The maximum absolute atomic E-state index is 12.6. The Hall–Kier alpha value is -1.59. The van der Waals surface area contributed by atoms with Crippen molar-refractivity contribution in [3.63, 3.8) is 0 Å². The number of ether oxygens (including phenoxy) is 3. The van der Waals surface area contributed by atoms with Gasteiger partial charge in [0.05, 0.1) is 26.4 Å². The van der Waals surface area contributed by atoms with Crippen LogP contribution in [0, 0.1) is 5.92 Å². The highest BCUT2D eigenvalue weighted by molar-refractivity contribution is 5.94.